The van der Waals surface area contributed by atoms with Crippen LogP contribution in [0.25, 0.3) is 11.1 Å². The molecule has 1 fully saturated rings. The fourth-order valence-electron chi connectivity index (χ4n) is 7.59. The third-order valence-corrected chi connectivity index (χ3v) is 10.5. The first kappa shape index (κ1) is 35.9. The van der Waals surface area contributed by atoms with Gasteiger partial charge in [0.2, 0.25) is 0 Å². The Kier molecular flexibility index (Phi) is 10.7. The standard InChI is InChI=1S/C41H52N4O4/c1-26-27(2)39(46)43(7)24-35(26)31-20-37(48-8)36(38(21-31)49-9)25-44-16-13-29(14-17-44)19-30-11-10-12-33-28(3)45(18-15-34(30)33)40(47)32(23-42)22-41(4,5)6/h10-12,20-22,24,28-29H,13-19,25H2,1-9H3. The molecule has 8 heteroatoms. The maximum Gasteiger partial charge on any atom is 0.264 e. The molecule has 2 aliphatic rings. The number of allylic oxidation sites excluding steroid dienone is 1. The summed E-state index contributed by atoms with van der Waals surface area (Å²) in [7, 11) is 5.19. The van der Waals surface area contributed by atoms with Crippen LogP contribution in [0.3, 0.4) is 0 Å². The number of methoxy groups -OCH3 is 2. The molecular weight excluding hydrogens is 612 g/mol. The van der Waals surface area contributed by atoms with E-state index >= 15 is 0 Å². The van der Waals surface area contributed by atoms with E-state index < -0.39 is 0 Å². The van der Waals surface area contributed by atoms with E-state index in [9.17, 15) is 14.9 Å². The molecule has 0 aliphatic carbocycles. The lowest BCUT2D eigenvalue weighted by Crippen LogP contribution is -2.40. The van der Waals surface area contributed by atoms with Gasteiger partial charge in [0.15, 0.2) is 0 Å². The second-order valence-corrected chi connectivity index (χ2v) is 14.9. The minimum absolute atomic E-state index is 0.0138. The van der Waals surface area contributed by atoms with Crippen molar-refractivity contribution >= 4 is 5.91 Å². The highest BCUT2D eigenvalue weighted by Crippen LogP contribution is 2.39. The minimum Gasteiger partial charge on any atom is -0.496 e. The molecule has 260 valence electrons. The molecular formula is C41H52N4O4. The van der Waals surface area contributed by atoms with Crippen LogP contribution < -0.4 is 15.0 Å². The zero-order valence-corrected chi connectivity index (χ0v) is 30.8. The number of carbonyl (C=O) groups excluding carboxylic acids is 1. The minimum atomic E-state index is -0.243. The Morgan fingerprint density at radius 2 is 1.69 bits per heavy atom. The first-order valence-corrected chi connectivity index (χ1v) is 17.4. The van der Waals surface area contributed by atoms with Gasteiger partial charge < -0.3 is 18.9 Å². The zero-order chi connectivity index (χ0) is 35.6. The van der Waals surface area contributed by atoms with Gasteiger partial charge in [-0.2, -0.15) is 5.26 Å². The normalized spacial score (nSPS) is 17.4. The largest absolute Gasteiger partial charge is 0.496 e. The Morgan fingerprint density at radius 3 is 2.29 bits per heavy atom. The number of nitriles is 1. The Hall–Kier alpha value is -4.35. The van der Waals surface area contributed by atoms with Crippen molar-refractivity contribution in [3.05, 3.63) is 91.9 Å². The van der Waals surface area contributed by atoms with E-state index in [0.717, 1.165) is 84.6 Å². The molecule has 0 bridgehead atoms. The summed E-state index contributed by atoms with van der Waals surface area (Å²) in [6, 6.07) is 12.7. The average Bonchev–Trinajstić information content (AvgIpc) is 3.08. The lowest BCUT2D eigenvalue weighted by molar-refractivity contribution is -0.129. The van der Waals surface area contributed by atoms with Gasteiger partial charge in [0.25, 0.3) is 11.5 Å². The maximum atomic E-state index is 13.4. The number of fused-ring (bicyclic) bond motifs is 1. The van der Waals surface area contributed by atoms with Crippen LogP contribution in [0, 0.1) is 36.5 Å². The Balaban J connectivity index is 1.27. The number of amides is 1. The summed E-state index contributed by atoms with van der Waals surface area (Å²) in [6.07, 6.45) is 7.73. The summed E-state index contributed by atoms with van der Waals surface area (Å²) in [5.41, 5.74) is 8.66. The van der Waals surface area contributed by atoms with Crippen molar-refractivity contribution in [3.8, 4) is 28.7 Å². The molecule has 3 aromatic rings. The van der Waals surface area contributed by atoms with Crippen molar-refractivity contribution in [3.63, 3.8) is 0 Å². The van der Waals surface area contributed by atoms with E-state index in [1.807, 2.05) is 45.7 Å². The van der Waals surface area contributed by atoms with E-state index in [2.05, 4.69) is 48.2 Å². The van der Waals surface area contributed by atoms with Crippen molar-refractivity contribution in [1.82, 2.24) is 14.4 Å². The number of ether oxygens (including phenoxy) is 2. The van der Waals surface area contributed by atoms with Crippen LogP contribution in [-0.2, 0) is 31.2 Å². The molecule has 0 radical (unpaired) electrons. The summed E-state index contributed by atoms with van der Waals surface area (Å²) in [4.78, 5) is 30.2. The second kappa shape index (κ2) is 14.6. The molecule has 1 aromatic heterocycles. The number of rotatable bonds is 8. The van der Waals surface area contributed by atoms with Gasteiger partial charge in [0.05, 0.1) is 25.8 Å². The highest BCUT2D eigenvalue weighted by Gasteiger charge is 2.32. The molecule has 1 saturated heterocycles. The molecule has 2 aromatic carbocycles. The van der Waals surface area contributed by atoms with Gasteiger partial charge in [-0.1, -0.05) is 45.0 Å². The van der Waals surface area contributed by atoms with E-state index in [1.165, 1.54) is 16.7 Å². The number of hydrogen-bond acceptors (Lipinski definition) is 6. The molecule has 1 atom stereocenters. The van der Waals surface area contributed by atoms with Gasteiger partial charge in [0.1, 0.15) is 23.1 Å². The van der Waals surface area contributed by atoms with Crippen molar-refractivity contribution < 1.29 is 14.3 Å². The zero-order valence-electron chi connectivity index (χ0n) is 30.8. The van der Waals surface area contributed by atoms with Crippen LogP contribution in [0.1, 0.15) is 80.0 Å². The number of aryl methyl sites for hydroxylation is 1. The SMILES string of the molecule is COc1cc(-c2cn(C)c(=O)c(C)c2C)cc(OC)c1CN1CCC(Cc2cccc3c2CCN(C(=O)C(C#N)=CC(C)(C)C)C3C)CC1. The van der Waals surface area contributed by atoms with Crippen LogP contribution in [0.5, 0.6) is 11.5 Å². The van der Waals surface area contributed by atoms with Crippen molar-refractivity contribution in [2.75, 3.05) is 33.9 Å². The lowest BCUT2D eigenvalue weighted by atomic mass is 9.83. The van der Waals surface area contributed by atoms with Crippen LogP contribution in [0.15, 0.2) is 53.0 Å². The number of benzene rings is 2. The number of nitrogens with zero attached hydrogens (tertiary/aromatic N) is 4. The van der Waals surface area contributed by atoms with Gasteiger partial charge in [-0.25, -0.2) is 0 Å². The molecule has 2 aliphatic heterocycles. The molecule has 5 rings (SSSR count). The van der Waals surface area contributed by atoms with Crippen LogP contribution >= 0.6 is 0 Å². The Morgan fingerprint density at radius 1 is 1.04 bits per heavy atom. The first-order chi connectivity index (χ1) is 23.3. The van der Waals surface area contributed by atoms with Crippen molar-refractivity contribution in [1.29, 1.82) is 5.26 Å². The topological polar surface area (TPSA) is 87.8 Å². The molecule has 0 spiro atoms. The lowest BCUT2D eigenvalue weighted by Gasteiger charge is -2.37. The van der Waals surface area contributed by atoms with Gasteiger partial charge >= 0.3 is 0 Å². The predicted octanol–water partition coefficient (Wildman–Crippen LogP) is 7.08. The molecule has 49 heavy (non-hydrogen) atoms. The number of pyridine rings is 1. The predicted molar refractivity (Wildman–Crippen MR) is 195 cm³/mol. The molecule has 8 nitrogen and oxygen atoms in total. The van der Waals surface area contributed by atoms with Gasteiger partial charge in [-0.05, 0) is 111 Å². The highest BCUT2D eigenvalue weighted by molar-refractivity contribution is 5.97. The summed E-state index contributed by atoms with van der Waals surface area (Å²) in [6.45, 7) is 15.3. The third kappa shape index (κ3) is 7.63. The number of aromatic nitrogens is 1. The van der Waals surface area contributed by atoms with Gasteiger partial charge in [-0.3, -0.25) is 14.5 Å². The number of carbonyl (C=O) groups is 1. The summed E-state index contributed by atoms with van der Waals surface area (Å²) < 4.78 is 13.5. The molecule has 1 unspecified atom stereocenters. The Bertz CT molecular complexity index is 1830. The van der Waals surface area contributed by atoms with Crippen LogP contribution in [-0.4, -0.2) is 54.1 Å². The fourth-order valence-corrected chi connectivity index (χ4v) is 7.59. The van der Waals surface area contributed by atoms with Crippen LogP contribution in [0.4, 0.5) is 0 Å². The van der Waals surface area contributed by atoms with E-state index in [-0.39, 0.29) is 28.5 Å². The van der Waals surface area contributed by atoms with Gasteiger partial charge in [0, 0.05) is 37.5 Å². The molecule has 1 amide bonds. The molecule has 3 heterocycles. The van der Waals surface area contributed by atoms with Crippen molar-refractivity contribution in [2.45, 2.75) is 79.8 Å². The third-order valence-electron chi connectivity index (χ3n) is 10.5. The fraction of sp³-hybridized carbons (Fsp3) is 0.488. The smallest absolute Gasteiger partial charge is 0.264 e. The van der Waals surface area contributed by atoms with Crippen molar-refractivity contribution in [2.24, 2.45) is 18.4 Å². The van der Waals surface area contributed by atoms with Crippen LogP contribution in [0.2, 0.25) is 0 Å². The van der Waals surface area contributed by atoms with Gasteiger partial charge in [-0.15, -0.1) is 0 Å². The van der Waals surface area contributed by atoms with E-state index in [0.29, 0.717) is 12.5 Å². The summed E-state index contributed by atoms with van der Waals surface area (Å²) in [5.74, 6) is 1.99. The quantitative estimate of drug-likeness (QED) is 0.189. The first-order valence-electron chi connectivity index (χ1n) is 17.4. The van der Waals surface area contributed by atoms with E-state index in [4.69, 9.17) is 9.47 Å². The maximum absolute atomic E-state index is 13.4. The molecule has 0 N–H and O–H groups in total. The average molecular weight is 665 g/mol. The highest BCUT2D eigenvalue weighted by atomic mass is 16.5. The Labute approximate surface area is 291 Å². The number of piperidine rings is 1. The second-order valence-electron chi connectivity index (χ2n) is 14.9. The molecule has 0 saturated carbocycles. The number of likely N-dealkylation sites (tertiary alicyclic amines) is 1. The summed E-state index contributed by atoms with van der Waals surface area (Å²) >= 11 is 0. The number of hydrogen-bond donors (Lipinski definition) is 0. The monoisotopic (exact) mass is 664 g/mol. The summed E-state index contributed by atoms with van der Waals surface area (Å²) in [5, 5.41) is 9.75. The van der Waals surface area contributed by atoms with E-state index in [1.54, 1.807) is 31.9 Å².